The summed E-state index contributed by atoms with van der Waals surface area (Å²) < 4.78 is 5.97. The molecule has 0 unspecified atom stereocenters. The quantitative estimate of drug-likeness (QED) is 0.302. The van der Waals surface area contributed by atoms with Crippen molar-refractivity contribution < 1.29 is 14.3 Å². The zero-order valence-electron chi connectivity index (χ0n) is 15.7. The fraction of sp³-hybridized carbons (Fsp3) is 0.250. The summed E-state index contributed by atoms with van der Waals surface area (Å²) in [5, 5.41) is 8.54. The minimum Gasteiger partial charge on any atom is -0.385 e. The number of para-hydroxylation sites is 1. The van der Waals surface area contributed by atoms with Crippen molar-refractivity contribution >= 4 is 57.4 Å². The second-order valence-electron chi connectivity index (χ2n) is 6.02. The number of halogens is 1. The van der Waals surface area contributed by atoms with E-state index in [0.29, 0.717) is 30.0 Å². The third-order valence-corrected chi connectivity index (χ3v) is 5.26. The van der Waals surface area contributed by atoms with Gasteiger partial charge in [0.05, 0.1) is 11.3 Å². The van der Waals surface area contributed by atoms with E-state index in [2.05, 4.69) is 38.5 Å². The van der Waals surface area contributed by atoms with E-state index in [4.69, 9.17) is 17.0 Å². The van der Waals surface area contributed by atoms with Crippen molar-refractivity contribution in [1.29, 1.82) is 0 Å². The number of amides is 2. The summed E-state index contributed by atoms with van der Waals surface area (Å²) in [6.45, 7) is 3.06. The molecule has 2 rings (SSSR count). The number of hydrogen-bond acceptors (Lipinski definition) is 4. The van der Waals surface area contributed by atoms with Crippen LogP contribution in [0.3, 0.4) is 0 Å². The summed E-state index contributed by atoms with van der Waals surface area (Å²) >= 11 is 7.43. The Bertz CT molecular complexity index is 874. The molecule has 0 atom stereocenters. The van der Waals surface area contributed by atoms with Gasteiger partial charge in [-0.1, -0.05) is 18.2 Å². The number of thiocarbonyl (C=S) groups is 1. The smallest absolute Gasteiger partial charge is 0.257 e. The van der Waals surface area contributed by atoms with Gasteiger partial charge in [0.2, 0.25) is 0 Å². The van der Waals surface area contributed by atoms with Gasteiger partial charge in [0, 0.05) is 29.4 Å². The highest BCUT2D eigenvalue weighted by Crippen LogP contribution is 2.16. The molecule has 3 N–H and O–H groups in total. The van der Waals surface area contributed by atoms with Crippen molar-refractivity contribution in [3.8, 4) is 0 Å². The number of carbonyl (C=O) groups is 2. The molecule has 0 radical (unpaired) electrons. The molecule has 0 saturated carbocycles. The van der Waals surface area contributed by atoms with Crippen molar-refractivity contribution in [2.75, 3.05) is 25.6 Å². The van der Waals surface area contributed by atoms with Crippen molar-refractivity contribution in [3.63, 3.8) is 0 Å². The standard InChI is InChI=1S/C20H22IN3O3S/c1-13-8-9-14(12-16(13)21)18(25)24-20(28)23-17-7-4-3-6-15(17)19(26)22-10-5-11-27-2/h3-4,6-9,12H,5,10-11H2,1-2H3,(H,22,26)(H2,23,24,25,28). The van der Waals surface area contributed by atoms with Gasteiger partial charge in [-0.25, -0.2) is 0 Å². The Morgan fingerprint density at radius 3 is 2.61 bits per heavy atom. The molecular weight excluding hydrogens is 489 g/mol. The molecular formula is C20H22IN3O3S. The largest absolute Gasteiger partial charge is 0.385 e. The van der Waals surface area contributed by atoms with Gasteiger partial charge in [-0.05, 0) is 78.0 Å². The van der Waals surface area contributed by atoms with Crippen LogP contribution in [0.15, 0.2) is 42.5 Å². The van der Waals surface area contributed by atoms with Crippen LogP contribution in [0.4, 0.5) is 5.69 Å². The molecule has 0 aliphatic rings. The number of rotatable bonds is 7. The highest BCUT2D eigenvalue weighted by Gasteiger charge is 2.13. The van der Waals surface area contributed by atoms with Gasteiger partial charge in [-0.15, -0.1) is 0 Å². The molecule has 148 valence electrons. The molecule has 2 aromatic rings. The van der Waals surface area contributed by atoms with E-state index in [9.17, 15) is 9.59 Å². The summed E-state index contributed by atoms with van der Waals surface area (Å²) in [4.78, 5) is 24.8. The van der Waals surface area contributed by atoms with E-state index in [1.165, 1.54) is 0 Å². The average Bonchev–Trinajstić information content (AvgIpc) is 2.67. The Morgan fingerprint density at radius 1 is 1.14 bits per heavy atom. The maximum absolute atomic E-state index is 12.4. The summed E-state index contributed by atoms with van der Waals surface area (Å²) in [7, 11) is 1.62. The first kappa shape index (κ1) is 22.3. The second-order valence-corrected chi connectivity index (χ2v) is 7.59. The molecule has 0 saturated heterocycles. The van der Waals surface area contributed by atoms with Crippen molar-refractivity contribution in [2.45, 2.75) is 13.3 Å². The molecule has 6 nitrogen and oxygen atoms in total. The van der Waals surface area contributed by atoms with Crippen molar-refractivity contribution in [1.82, 2.24) is 10.6 Å². The molecule has 2 amide bonds. The van der Waals surface area contributed by atoms with E-state index >= 15 is 0 Å². The fourth-order valence-corrected chi connectivity index (χ4v) is 3.08. The maximum atomic E-state index is 12.4. The minimum atomic E-state index is -0.308. The number of nitrogens with one attached hydrogen (secondary N) is 3. The number of ether oxygens (including phenoxy) is 1. The zero-order chi connectivity index (χ0) is 20.5. The number of benzene rings is 2. The Balaban J connectivity index is 2.00. The summed E-state index contributed by atoms with van der Waals surface area (Å²) in [6.07, 6.45) is 0.724. The van der Waals surface area contributed by atoms with Crippen molar-refractivity contribution in [2.24, 2.45) is 0 Å². The summed E-state index contributed by atoms with van der Waals surface area (Å²) in [5.74, 6) is -0.529. The predicted molar refractivity (Wildman–Crippen MR) is 123 cm³/mol. The lowest BCUT2D eigenvalue weighted by Crippen LogP contribution is -2.35. The summed E-state index contributed by atoms with van der Waals surface area (Å²) in [5.41, 5.74) is 2.59. The molecule has 0 spiro atoms. The molecule has 0 bridgehead atoms. The van der Waals surface area contributed by atoms with Crippen LogP contribution in [0, 0.1) is 10.5 Å². The van der Waals surface area contributed by atoms with Crippen LogP contribution < -0.4 is 16.0 Å². The molecule has 2 aromatic carbocycles. The Morgan fingerprint density at radius 2 is 1.89 bits per heavy atom. The average molecular weight is 511 g/mol. The first-order chi connectivity index (χ1) is 13.4. The van der Waals surface area contributed by atoms with Crippen LogP contribution in [-0.4, -0.2) is 37.2 Å². The molecule has 8 heteroatoms. The number of carbonyl (C=O) groups excluding carboxylic acids is 2. The van der Waals surface area contributed by atoms with Gasteiger partial charge < -0.3 is 15.4 Å². The van der Waals surface area contributed by atoms with E-state index in [0.717, 1.165) is 15.6 Å². The monoisotopic (exact) mass is 511 g/mol. The molecule has 0 aliphatic carbocycles. The van der Waals surface area contributed by atoms with Crippen LogP contribution in [0.1, 0.15) is 32.7 Å². The van der Waals surface area contributed by atoms with Gasteiger partial charge in [0.15, 0.2) is 5.11 Å². The lowest BCUT2D eigenvalue weighted by atomic mass is 10.1. The Labute approximate surface area is 183 Å². The topological polar surface area (TPSA) is 79.5 Å². The third kappa shape index (κ3) is 6.54. The van der Waals surface area contributed by atoms with Crippen LogP contribution >= 0.6 is 34.8 Å². The molecule has 0 aromatic heterocycles. The van der Waals surface area contributed by atoms with Crippen molar-refractivity contribution in [3.05, 3.63) is 62.7 Å². The predicted octanol–water partition coefficient (Wildman–Crippen LogP) is 3.49. The second kappa shape index (κ2) is 11.1. The Kier molecular flexibility index (Phi) is 8.81. The van der Waals surface area contributed by atoms with Gasteiger partial charge in [-0.3, -0.25) is 14.9 Å². The number of hydrogen-bond donors (Lipinski definition) is 3. The summed E-state index contributed by atoms with van der Waals surface area (Å²) in [6, 6.07) is 12.4. The molecule has 0 heterocycles. The molecule has 0 fully saturated rings. The van der Waals surface area contributed by atoms with Gasteiger partial charge in [0.25, 0.3) is 11.8 Å². The van der Waals surface area contributed by atoms with Crippen LogP contribution in [0.2, 0.25) is 0 Å². The highest BCUT2D eigenvalue weighted by molar-refractivity contribution is 14.1. The normalized spacial score (nSPS) is 10.2. The van der Waals surface area contributed by atoms with Gasteiger partial charge >= 0.3 is 0 Å². The van der Waals surface area contributed by atoms with E-state index in [1.54, 1.807) is 43.5 Å². The number of aryl methyl sites for hydroxylation is 1. The Hall–Kier alpha value is -2.04. The first-order valence-electron chi connectivity index (χ1n) is 8.67. The first-order valence-corrected chi connectivity index (χ1v) is 10.2. The number of anilines is 1. The van der Waals surface area contributed by atoms with E-state index in [-0.39, 0.29) is 16.9 Å². The van der Waals surface area contributed by atoms with E-state index < -0.39 is 0 Å². The maximum Gasteiger partial charge on any atom is 0.257 e. The fourth-order valence-electron chi connectivity index (χ4n) is 2.37. The lowest BCUT2D eigenvalue weighted by molar-refractivity contribution is 0.0947. The molecule has 28 heavy (non-hydrogen) atoms. The van der Waals surface area contributed by atoms with Crippen LogP contribution in [0.25, 0.3) is 0 Å². The van der Waals surface area contributed by atoms with Gasteiger partial charge in [-0.2, -0.15) is 0 Å². The third-order valence-electron chi connectivity index (χ3n) is 3.89. The lowest BCUT2D eigenvalue weighted by Gasteiger charge is -2.14. The SMILES string of the molecule is COCCCNC(=O)c1ccccc1NC(=S)NC(=O)c1ccc(C)c(I)c1. The number of methoxy groups -OCH3 is 1. The van der Waals surface area contributed by atoms with Crippen LogP contribution in [-0.2, 0) is 4.74 Å². The minimum absolute atomic E-state index is 0.125. The molecule has 0 aliphatic heterocycles. The highest BCUT2D eigenvalue weighted by atomic mass is 127. The van der Waals surface area contributed by atoms with Crippen LogP contribution in [0.5, 0.6) is 0 Å². The van der Waals surface area contributed by atoms with Gasteiger partial charge in [0.1, 0.15) is 0 Å². The zero-order valence-corrected chi connectivity index (χ0v) is 18.6. The van der Waals surface area contributed by atoms with E-state index in [1.807, 2.05) is 13.0 Å².